The Bertz CT molecular complexity index is 716. The molecule has 1 fully saturated rings. The Labute approximate surface area is 147 Å². The van der Waals surface area contributed by atoms with E-state index in [1.165, 1.54) is 26.7 Å². The van der Waals surface area contributed by atoms with Crippen molar-refractivity contribution in [2.24, 2.45) is 5.92 Å². The third kappa shape index (κ3) is 4.68. The zero-order valence-electron chi connectivity index (χ0n) is 13.7. The molecule has 1 amide bonds. The van der Waals surface area contributed by atoms with Gasteiger partial charge in [-0.25, -0.2) is 12.8 Å². The molecular weight excluding hydrogens is 355 g/mol. The van der Waals surface area contributed by atoms with E-state index in [2.05, 4.69) is 10.0 Å². The van der Waals surface area contributed by atoms with E-state index in [0.717, 1.165) is 31.0 Å². The number of carbonyl (C=O) groups excluding carboxylic acids is 1. The average molecular weight is 377 g/mol. The van der Waals surface area contributed by atoms with Crippen LogP contribution < -0.4 is 10.0 Å². The molecule has 0 atom stereocenters. The Morgan fingerprint density at radius 2 is 1.96 bits per heavy atom. The van der Waals surface area contributed by atoms with Gasteiger partial charge in [-0.05, 0) is 50.8 Å². The normalized spacial score (nSPS) is 16.3. The molecule has 0 spiro atoms. The van der Waals surface area contributed by atoms with Crippen LogP contribution in [0, 0.1) is 11.7 Å². The van der Waals surface area contributed by atoms with Crippen molar-refractivity contribution in [2.75, 3.05) is 6.54 Å². The predicted molar refractivity (Wildman–Crippen MR) is 90.8 cm³/mol. The third-order valence-electron chi connectivity index (χ3n) is 4.18. The minimum atomic E-state index is -4.00. The van der Waals surface area contributed by atoms with Gasteiger partial charge >= 0.3 is 0 Å². The van der Waals surface area contributed by atoms with Crippen molar-refractivity contribution in [1.82, 2.24) is 10.0 Å². The Morgan fingerprint density at radius 1 is 1.33 bits per heavy atom. The number of rotatable bonds is 6. The molecule has 5 nitrogen and oxygen atoms in total. The smallest absolute Gasteiger partial charge is 0.241 e. The zero-order chi connectivity index (χ0) is 18.0. The molecule has 0 aliphatic heterocycles. The molecule has 1 aromatic rings. The molecule has 1 aromatic carbocycles. The van der Waals surface area contributed by atoms with Crippen LogP contribution >= 0.6 is 11.6 Å². The van der Waals surface area contributed by atoms with Gasteiger partial charge in [-0.1, -0.05) is 24.4 Å². The molecule has 1 aliphatic rings. The van der Waals surface area contributed by atoms with E-state index in [4.69, 9.17) is 11.6 Å². The van der Waals surface area contributed by atoms with E-state index in [1.807, 2.05) is 0 Å². The SMILES string of the molecule is CC(C)(NS(=O)(=O)c1ccc(F)c(Cl)c1)C(=O)NCC1CCCC1. The van der Waals surface area contributed by atoms with Crippen molar-refractivity contribution >= 4 is 27.5 Å². The molecule has 0 bridgehead atoms. The van der Waals surface area contributed by atoms with Gasteiger partial charge in [0, 0.05) is 6.54 Å². The summed E-state index contributed by atoms with van der Waals surface area (Å²) < 4.78 is 40.3. The first-order valence-corrected chi connectivity index (χ1v) is 9.75. The van der Waals surface area contributed by atoms with Gasteiger partial charge in [0.05, 0.1) is 9.92 Å². The molecule has 0 aromatic heterocycles. The van der Waals surface area contributed by atoms with Crippen LogP contribution in [0.2, 0.25) is 5.02 Å². The first-order chi connectivity index (χ1) is 11.1. The molecule has 2 N–H and O–H groups in total. The first kappa shape index (κ1) is 19.1. The summed E-state index contributed by atoms with van der Waals surface area (Å²) in [4.78, 5) is 12.1. The third-order valence-corrected chi connectivity index (χ3v) is 6.13. The second kappa shape index (κ2) is 7.37. The van der Waals surface area contributed by atoms with Crippen molar-refractivity contribution in [3.05, 3.63) is 29.0 Å². The summed E-state index contributed by atoms with van der Waals surface area (Å²) in [5, 5.41) is 2.52. The summed E-state index contributed by atoms with van der Waals surface area (Å²) in [6, 6.07) is 3.10. The summed E-state index contributed by atoms with van der Waals surface area (Å²) in [6.07, 6.45) is 4.50. The highest BCUT2D eigenvalue weighted by molar-refractivity contribution is 7.89. The van der Waals surface area contributed by atoms with Crippen molar-refractivity contribution < 1.29 is 17.6 Å². The summed E-state index contributed by atoms with van der Waals surface area (Å²) in [6.45, 7) is 3.52. The lowest BCUT2D eigenvalue weighted by molar-refractivity contribution is -0.125. The summed E-state index contributed by atoms with van der Waals surface area (Å²) in [5.41, 5.74) is -1.34. The van der Waals surface area contributed by atoms with Crippen molar-refractivity contribution in [2.45, 2.75) is 50.0 Å². The van der Waals surface area contributed by atoms with E-state index in [-0.39, 0.29) is 9.92 Å². The van der Waals surface area contributed by atoms with Gasteiger partial charge in [-0.15, -0.1) is 0 Å². The molecule has 8 heteroatoms. The molecule has 0 saturated heterocycles. The molecule has 0 radical (unpaired) electrons. The Kier molecular flexibility index (Phi) is 5.88. The highest BCUT2D eigenvalue weighted by atomic mass is 35.5. The summed E-state index contributed by atoms with van der Waals surface area (Å²) >= 11 is 5.63. The molecule has 0 heterocycles. The lowest BCUT2D eigenvalue weighted by atomic mass is 10.0. The fraction of sp³-hybridized carbons (Fsp3) is 0.562. The fourth-order valence-electron chi connectivity index (χ4n) is 2.76. The lowest BCUT2D eigenvalue weighted by Crippen LogP contribution is -2.55. The van der Waals surface area contributed by atoms with E-state index in [1.54, 1.807) is 0 Å². The largest absolute Gasteiger partial charge is 0.354 e. The van der Waals surface area contributed by atoms with E-state index in [9.17, 15) is 17.6 Å². The molecule has 24 heavy (non-hydrogen) atoms. The van der Waals surface area contributed by atoms with Gasteiger partial charge in [0.25, 0.3) is 0 Å². The van der Waals surface area contributed by atoms with Gasteiger partial charge < -0.3 is 5.32 Å². The van der Waals surface area contributed by atoms with Crippen LogP contribution in [-0.2, 0) is 14.8 Å². The van der Waals surface area contributed by atoms with E-state index < -0.39 is 27.3 Å². The van der Waals surface area contributed by atoms with Crippen LogP contribution in [0.25, 0.3) is 0 Å². The highest BCUT2D eigenvalue weighted by Crippen LogP contribution is 2.24. The fourth-order valence-corrected chi connectivity index (χ4v) is 4.41. The zero-order valence-corrected chi connectivity index (χ0v) is 15.3. The monoisotopic (exact) mass is 376 g/mol. The Hall–Kier alpha value is -1.18. The number of hydrogen-bond acceptors (Lipinski definition) is 3. The Balaban J connectivity index is 2.05. The molecule has 0 unspecified atom stereocenters. The van der Waals surface area contributed by atoms with Gasteiger partial charge in [-0.2, -0.15) is 4.72 Å². The standard InChI is InChI=1S/C16H22ClFN2O3S/c1-16(2,15(21)19-10-11-5-3-4-6-11)20-24(22,23)12-7-8-14(18)13(17)9-12/h7-9,11,20H,3-6,10H2,1-2H3,(H,19,21). The van der Waals surface area contributed by atoms with Gasteiger partial charge in [0.1, 0.15) is 11.4 Å². The second-order valence-corrected chi connectivity index (χ2v) is 8.76. The number of nitrogens with one attached hydrogen (secondary N) is 2. The number of sulfonamides is 1. The van der Waals surface area contributed by atoms with Crippen LogP contribution in [-0.4, -0.2) is 26.4 Å². The van der Waals surface area contributed by atoms with Crippen LogP contribution in [0.5, 0.6) is 0 Å². The van der Waals surface area contributed by atoms with E-state index >= 15 is 0 Å². The Morgan fingerprint density at radius 3 is 2.54 bits per heavy atom. The molecule has 1 saturated carbocycles. The van der Waals surface area contributed by atoms with Crippen LogP contribution in [0.4, 0.5) is 4.39 Å². The average Bonchev–Trinajstić information content (AvgIpc) is 2.99. The second-order valence-electron chi connectivity index (χ2n) is 6.67. The highest BCUT2D eigenvalue weighted by Gasteiger charge is 2.33. The summed E-state index contributed by atoms with van der Waals surface area (Å²) in [7, 11) is -4.00. The topological polar surface area (TPSA) is 75.3 Å². The van der Waals surface area contributed by atoms with Crippen molar-refractivity contribution in [3.8, 4) is 0 Å². The minimum absolute atomic E-state index is 0.189. The molecule has 2 rings (SSSR count). The number of amides is 1. The number of halogens is 2. The van der Waals surface area contributed by atoms with Crippen LogP contribution in [0.15, 0.2) is 23.1 Å². The first-order valence-electron chi connectivity index (χ1n) is 7.89. The number of benzene rings is 1. The maximum Gasteiger partial charge on any atom is 0.241 e. The van der Waals surface area contributed by atoms with Gasteiger partial charge in [0.2, 0.25) is 15.9 Å². The minimum Gasteiger partial charge on any atom is -0.354 e. The lowest BCUT2D eigenvalue weighted by Gasteiger charge is -2.25. The molecular formula is C16H22ClFN2O3S. The summed E-state index contributed by atoms with van der Waals surface area (Å²) in [5.74, 6) is -0.646. The van der Waals surface area contributed by atoms with Gasteiger partial charge in [-0.3, -0.25) is 4.79 Å². The predicted octanol–water partition coefficient (Wildman–Crippen LogP) is 2.84. The van der Waals surface area contributed by atoms with Crippen molar-refractivity contribution in [3.63, 3.8) is 0 Å². The van der Waals surface area contributed by atoms with Crippen LogP contribution in [0.1, 0.15) is 39.5 Å². The van der Waals surface area contributed by atoms with Crippen molar-refractivity contribution in [1.29, 1.82) is 0 Å². The molecule has 1 aliphatic carbocycles. The number of hydrogen-bond donors (Lipinski definition) is 2. The van der Waals surface area contributed by atoms with Crippen LogP contribution in [0.3, 0.4) is 0 Å². The molecule has 134 valence electrons. The maximum atomic E-state index is 13.2. The maximum absolute atomic E-state index is 13.2. The van der Waals surface area contributed by atoms with Gasteiger partial charge in [0.15, 0.2) is 0 Å². The quantitative estimate of drug-likeness (QED) is 0.801. The number of carbonyl (C=O) groups is 1. The van der Waals surface area contributed by atoms with E-state index in [0.29, 0.717) is 12.5 Å².